The molecule has 1 aliphatic carbocycles. The van der Waals surface area contributed by atoms with E-state index in [1.807, 2.05) is 42.5 Å². The van der Waals surface area contributed by atoms with Crippen molar-refractivity contribution in [3.05, 3.63) is 60.2 Å². The molecule has 26 heavy (non-hydrogen) atoms. The van der Waals surface area contributed by atoms with Gasteiger partial charge in [-0.1, -0.05) is 30.3 Å². The normalized spacial score (nSPS) is 13.8. The van der Waals surface area contributed by atoms with Crippen molar-refractivity contribution in [3.8, 4) is 5.75 Å². The van der Waals surface area contributed by atoms with Gasteiger partial charge in [-0.2, -0.15) is 5.10 Å². The van der Waals surface area contributed by atoms with Crippen LogP contribution >= 0.6 is 0 Å². The molecule has 3 rings (SSSR count). The zero-order chi connectivity index (χ0) is 18.4. The molecule has 0 heterocycles. The fourth-order valence-corrected chi connectivity index (χ4v) is 2.32. The minimum atomic E-state index is -0.341. The summed E-state index contributed by atoms with van der Waals surface area (Å²) in [4.78, 5) is 23.7. The van der Waals surface area contributed by atoms with Crippen molar-refractivity contribution in [3.63, 3.8) is 0 Å². The highest BCUT2D eigenvalue weighted by Gasteiger charge is 2.29. The second-order valence-corrected chi connectivity index (χ2v) is 6.18. The largest absolute Gasteiger partial charge is 0.484 e. The highest BCUT2D eigenvalue weighted by Crippen LogP contribution is 2.30. The molecule has 0 aliphatic heterocycles. The maximum absolute atomic E-state index is 11.8. The van der Waals surface area contributed by atoms with E-state index in [2.05, 4.69) is 15.8 Å². The molecule has 0 spiro atoms. The number of carbonyl (C=O) groups excluding carboxylic acids is 2. The van der Waals surface area contributed by atoms with Crippen LogP contribution in [0.2, 0.25) is 0 Å². The molecule has 2 aromatic carbocycles. The summed E-state index contributed by atoms with van der Waals surface area (Å²) in [5.41, 5.74) is 4.67. The molecule has 0 saturated heterocycles. The van der Waals surface area contributed by atoms with Crippen LogP contribution in [0.3, 0.4) is 0 Å². The molecular formula is C20H21N3O3. The second-order valence-electron chi connectivity index (χ2n) is 6.18. The lowest BCUT2D eigenvalue weighted by Crippen LogP contribution is -2.25. The van der Waals surface area contributed by atoms with Crippen molar-refractivity contribution < 1.29 is 14.3 Å². The van der Waals surface area contributed by atoms with E-state index in [-0.39, 0.29) is 24.3 Å². The van der Waals surface area contributed by atoms with Crippen LogP contribution in [0, 0.1) is 5.92 Å². The minimum absolute atomic E-state index is 0.0584. The third kappa shape index (κ3) is 5.17. The maximum Gasteiger partial charge on any atom is 0.277 e. The summed E-state index contributed by atoms with van der Waals surface area (Å²) < 4.78 is 5.37. The van der Waals surface area contributed by atoms with E-state index in [0.29, 0.717) is 11.5 Å². The molecule has 2 aromatic rings. The van der Waals surface area contributed by atoms with Crippen molar-refractivity contribution in [1.29, 1.82) is 0 Å². The fraction of sp³-hybridized carbons (Fsp3) is 0.250. The lowest BCUT2D eigenvalue weighted by Gasteiger charge is -2.08. The van der Waals surface area contributed by atoms with Crippen LogP contribution in [-0.4, -0.2) is 24.1 Å². The monoisotopic (exact) mass is 351 g/mol. The lowest BCUT2D eigenvalue weighted by atomic mass is 10.1. The summed E-state index contributed by atoms with van der Waals surface area (Å²) in [6.45, 7) is 1.68. The standard InChI is InChI=1S/C20H21N3O3/c1-14(22-23-19(24)13-26-18-8-3-2-4-9-18)16-6-5-7-17(12-16)21-20(25)15-10-11-15/h2-9,12,15H,10-11,13H2,1H3,(H,21,25)(H,23,24). The number of para-hydroxylation sites is 1. The number of anilines is 1. The Morgan fingerprint density at radius 2 is 1.88 bits per heavy atom. The average Bonchev–Trinajstić information content (AvgIpc) is 3.51. The van der Waals surface area contributed by atoms with Crippen LogP contribution in [0.25, 0.3) is 0 Å². The van der Waals surface area contributed by atoms with E-state index in [0.717, 1.165) is 24.1 Å². The number of amides is 2. The molecular weight excluding hydrogens is 330 g/mol. The highest BCUT2D eigenvalue weighted by atomic mass is 16.5. The SMILES string of the molecule is CC(=NNC(=O)COc1ccccc1)c1cccc(NC(=O)C2CC2)c1. The Kier molecular flexibility index (Phi) is 5.63. The number of nitrogens with zero attached hydrogens (tertiary/aromatic N) is 1. The van der Waals surface area contributed by atoms with Gasteiger partial charge in [-0.15, -0.1) is 0 Å². The van der Waals surface area contributed by atoms with Gasteiger partial charge in [-0.05, 0) is 49.6 Å². The van der Waals surface area contributed by atoms with Gasteiger partial charge >= 0.3 is 0 Å². The summed E-state index contributed by atoms with van der Waals surface area (Å²) in [5.74, 6) is 0.495. The average molecular weight is 351 g/mol. The topological polar surface area (TPSA) is 79.8 Å². The summed E-state index contributed by atoms with van der Waals surface area (Å²) >= 11 is 0. The lowest BCUT2D eigenvalue weighted by molar-refractivity contribution is -0.123. The highest BCUT2D eigenvalue weighted by molar-refractivity contribution is 6.01. The van der Waals surface area contributed by atoms with E-state index in [1.54, 1.807) is 19.1 Å². The summed E-state index contributed by atoms with van der Waals surface area (Å²) in [6, 6.07) is 16.5. The van der Waals surface area contributed by atoms with Gasteiger partial charge in [0.2, 0.25) is 5.91 Å². The number of hydrogen-bond donors (Lipinski definition) is 2. The fourth-order valence-electron chi connectivity index (χ4n) is 2.32. The number of hydrogen-bond acceptors (Lipinski definition) is 4. The minimum Gasteiger partial charge on any atom is -0.484 e. The first-order chi connectivity index (χ1) is 12.6. The Labute approximate surface area is 152 Å². The molecule has 1 fully saturated rings. The van der Waals surface area contributed by atoms with Gasteiger partial charge in [-0.25, -0.2) is 5.43 Å². The number of carbonyl (C=O) groups is 2. The molecule has 0 aromatic heterocycles. The molecule has 0 bridgehead atoms. The predicted octanol–water partition coefficient (Wildman–Crippen LogP) is 2.95. The first kappa shape index (κ1) is 17.7. The first-order valence-electron chi connectivity index (χ1n) is 8.54. The number of ether oxygens (including phenoxy) is 1. The maximum atomic E-state index is 11.8. The third-order valence-corrected chi connectivity index (χ3v) is 3.96. The van der Waals surface area contributed by atoms with Crippen molar-refractivity contribution in [2.24, 2.45) is 11.0 Å². The number of benzene rings is 2. The van der Waals surface area contributed by atoms with E-state index < -0.39 is 0 Å². The van der Waals surface area contributed by atoms with Gasteiger partial charge in [0, 0.05) is 11.6 Å². The van der Waals surface area contributed by atoms with Crippen LogP contribution in [0.15, 0.2) is 59.7 Å². The van der Waals surface area contributed by atoms with Gasteiger partial charge < -0.3 is 10.1 Å². The Bertz CT molecular complexity index is 814. The van der Waals surface area contributed by atoms with Crippen LogP contribution in [0.1, 0.15) is 25.3 Å². The Morgan fingerprint density at radius 1 is 1.12 bits per heavy atom. The molecule has 134 valence electrons. The molecule has 1 saturated carbocycles. The second kappa shape index (κ2) is 8.29. The molecule has 0 atom stereocenters. The van der Waals surface area contributed by atoms with Crippen molar-refractivity contribution in [1.82, 2.24) is 5.43 Å². The van der Waals surface area contributed by atoms with Crippen molar-refractivity contribution in [2.45, 2.75) is 19.8 Å². The zero-order valence-electron chi connectivity index (χ0n) is 14.6. The molecule has 6 nitrogen and oxygen atoms in total. The molecule has 2 amide bonds. The molecule has 1 aliphatic rings. The van der Waals surface area contributed by atoms with Gasteiger partial charge in [-0.3, -0.25) is 9.59 Å². The Morgan fingerprint density at radius 3 is 2.62 bits per heavy atom. The van der Waals surface area contributed by atoms with Crippen molar-refractivity contribution >= 4 is 23.2 Å². The first-order valence-corrected chi connectivity index (χ1v) is 8.54. The van der Waals surface area contributed by atoms with Gasteiger partial charge in [0.25, 0.3) is 5.91 Å². The Hall–Kier alpha value is -3.15. The predicted molar refractivity (Wildman–Crippen MR) is 100 cm³/mol. The number of hydrazone groups is 1. The Balaban J connectivity index is 1.53. The molecule has 0 radical (unpaired) electrons. The van der Waals surface area contributed by atoms with E-state index in [4.69, 9.17) is 4.74 Å². The molecule has 0 unspecified atom stereocenters. The van der Waals surface area contributed by atoms with Crippen LogP contribution in [-0.2, 0) is 9.59 Å². The summed E-state index contributed by atoms with van der Waals surface area (Å²) in [5, 5.41) is 7.00. The van der Waals surface area contributed by atoms with E-state index in [1.165, 1.54) is 0 Å². The third-order valence-electron chi connectivity index (χ3n) is 3.96. The van der Waals surface area contributed by atoms with Crippen molar-refractivity contribution in [2.75, 3.05) is 11.9 Å². The number of nitrogens with one attached hydrogen (secondary N) is 2. The van der Waals surface area contributed by atoms with E-state index >= 15 is 0 Å². The van der Waals surface area contributed by atoms with Crippen LogP contribution in [0.5, 0.6) is 5.75 Å². The summed E-state index contributed by atoms with van der Waals surface area (Å²) in [7, 11) is 0. The quantitative estimate of drug-likeness (QED) is 0.594. The molecule has 2 N–H and O–H groups in total. The number of rotatable bonds is 7. The van der Waals surface area contributed by atoms with Gasteiger partial charge in [0.15, 0.2) is 6.61 Å². The van der Waals surface area contributed by atoms with Gasteiger partial charge in [0.05, 0.1) is 5.71 Å². The van der Waals surface area contributed by atoms with Gasteiger partial charge in [0.1, 0.15) is 5.75 Å². The zero-order valence-corrected chi connectivity index (χ0v) is 14.6. The van der Waals surface area contributed by atoms with Crippen LogP contribution in [0.4, 0.5) is 5.69 Å². The molecule has 6 heteroatoms. The smallest absolute Gasteiger partial charge is 0.277 e. The van der Waals surface area contributed by atoms with E-state index in [9.17, 15) is 9.59 Å². The van der Waals surface area contributed by atoms with Crippen LogP contribution < -0.4 is 15.5 Å². The summed E-state index contributed by atoms with van der Waals surface area (Å²) in [6.07, 6.45) is 1.92.